The van der Waals surface area contributed by atoms with E-state index < -0.39 is 0 Å². The molecular formula is C11H13NO. The minimum Gasteiger partial charge on any atom is -0.508 e. The molecule has 1 heterocycles. The van der Waals surface area contributed by atoms with Crippen molar-refractivity contribution in [2.75, 3.05) is 0 Å². The Morgan fingerprint density at radius 1 is 1.38 bits per heavy atom. The molecule has 0 aliphatic carbocycles. The van der Waals surface area contributed by atoms with E-state index in [1.165, 1.54) is 5.56 Å². The van der Waals surface area contributed by atoms with Crippen LogP contribution in [0, 0.1) is 0 Å². The Bertz CT molecular complexity index is 366. The number of aromatic hydroxyl groups is 1. The van der Waals surface area contributed by atoms with Crippen LogP contribution in [0.1, 0.15) is 25.0 Å². The Balaban J connectivity index is 2.48. The molecule has 1 N–H and O–H groups in total. The molecule has 0 spiro atoms. The van der Waals surface area contributed by atoms with Gasteiger partial charge < -0.3 is 5.11 Å². The minimum atomic E-state index is -0.0270. The second kappa shape index (κ2) is 2.59. The molecule has 1 aliphatic heterocycles. The standard InChI is InChI=1S/C11H13NO/c1-11(2)6-9-5-10(13)4-3-8(9)7-12-11/h3-5,7,13H,6H2,1-2H3. The summed E-state index contributed by atoms with van der Waals surface area (Å²) < 4.78 is 0. The van der Waals surface area contributed by atoms with Gasteiger partial charge in [0.25, 0.3) is 0 Å². The van der Waals surface area contributed by atoms with Crippen LogP contribution in [0.2, 0.25) is 0 Å². The quantitative estimate of drug-likeness (QED) is 0.643. The zero-order valence-corrected chi connectivity index (χ0v) is 7.91. The maximum atomic E-state index is 9.31. The smallest absolute Gasteiger partial charge is 0.115 e. The lowest BCUT2D eigenvalue weighted by molar-refractivity contribution is 0.470. The first-order chi connectivity index (χ1) is 6.07. The first-order valence-electron chi connectivity index (χ1n) is 4.44. The van der Waals surface area contributed by atoms with Crippen molar-refractivity contribution in [2.24, 2.45) is 4.99 Å². The molecule has 2 heteroatoms. The van der Waals surface area contributed by atoms with Gasteiger partial charge in [0.1, 0.15) is 5.75 Å². The molecule has 68 valence electrons. The maximum Gasteiger partial charge on any atom is 0.115 e. The number of fused-ring (bicyclic) bond motifs is 1. The highest BCUT2D eigenvalue weighted by Gasteiger charge is 2.21. The first kappa shape index (κ1) is 8.30. The predicted octanol–water partition coefficient (Wildman–Crippen LogP) is 2.15. The number of rotatable bonds is 0. The fourth-order valence-electron chi connectivity index (χ4n) is 1.63. The molecule has 1 aliphatic rings. The molecule has 0 unspecified atom stereocenters. The zero-order chi connectivity index (χ0) is 9.47. The van der Waals surface area contributed by atoms with Gasteiger partial charge in [-0.2, -0.15) is 0 Å². The molecule has 0 saturated carbocycles. The summed E-state index contributed by atoms with van der Waals surface area (Å²) in [5.74, 6) is 0.338. The van der Waals surface area contributed by atoms with Gasteiger partial charge in [0, 0.05) is 6.21 Å². The monoisotopic (exact) mass is 175 g/mol. The van der Waals surface area contributed by atoms with E-state index in [1.807, 2.05) is 18.3 Å². The van der Waals surface area contributed by atoms with Gasteiger partial charge >= 0.3 is 0 Å². The molecular weight excluding hydrogens is 162 g/mol. The van der Waals surface area contributed by atoms with Crippen molar-refractivity contribution in [1.82, 2.24) is 0 Å². The number of phenolic OH excluding ortho intramolecular Hbond substituents is 1. The fourth-order valence-corrected chi connectivity index (χ4v) is 1.63. The molecule has 13 heavy (non-hydrogen) atoms. The summed E-state index contributed by atoms with van der Waals surface area (Å²) in [6.07, 6.45) is 2.78. The molecule has 0 radical (unpaired) electrons. The molecule has 2 nitrogen and oxygen atoms in total. The van der Waals surface area contributed by atoms with E-state index >= 15 is 0 Å². The highest BCUT2D eigenvalue weighted by atomic mass is 16.3. The average molecular weight is 175 g/mol. The van der Waals surface area contributed by atoms with Crippen molar-refractivity contribution in [3.63, 3.8) is 0 Å². The van der Waals surface area contributed by atoms with Gasteiger partial charge in [-0.25, -0.2) is 0 Å². The van der Waals surface area contributed by atoms with Crippen molar-refractivity contribution >= 4 is 6.21 Å². The van der Waals surface area contributed by atoms with Crippen LogP contribution in [-0.2, 0) is 6.42 Å². The number of benzene rings is 1. The number of hydrogen-bond acceptors (Lipinski definition) is 2. The van der Waals surface area contributed by atoms with Crippen LogP contribution in [0.4, 0.5) is 0 Å². The minimum absolute atomic E-state index is 0.0270. The maximum absolute atomic E-state index is 9.31. The van der Waals surface area contributed by atoms with Crippen LogP contribution in [0.25, 0.3) is 0 Å². The van der Waals surface area contributed by atoms with Gasteiger partial charge in [0.2, 0.25) is 0 Å². The predicted molar refractivity (Wildman–Crippen MR) is 53.5 cm³/mol. The Hall–Kier alpha value is -1.31. The molecule has 1 aromatic carbocycles. The molecule has 1 aromatic rings. The van der Waals surface area contributed by atoms with E-state index in [2.05, 4.69) is 18.8 Å². The van der Waals surface area contributed by atoms with E-state index in [0.29, 0.717) is 5.75 Å². The van der Waals surface area contributed by atoms with E-state index in [1.54, 1.807) is 6.07 Å². The Kier molecular flexibility index (Phi) is 1.65. The Morgan fingerprint density at radius 2 is 2.15 bits per heavy atom. The van der Waals surface area contributed by atoms with Gasteiger partial charge in [-0.1, -0.05) is 0 Å². The summed E-state index contributed by atoms with van der Waals surface area (Å²) >= 11 is 0. The summed E-state index contributed by atoms with van der Waals surface area (Å²) in [5.41, 5.74) is 2.28. The van der Waals surface area contributed by atoms with Crippen LogP contribution in [0.3, 0.4) is 0 Å². The molecule has 0 atom stereocenters. The van der Waals surface area contributed by atoms with Gasteiger partial charge in [-0.3, -0.25) is 4.99 Å². The lowest BCUT2D eigenvalue weighted by Crippen LogP contribution is -2.24. The molecule has 0 fully saturated rings. The van der Waals surface area contributed by atoms with Crippen molar-refractivity contribution in [3.8, 4) is 5.75 Å². The lowest BCUT2D eigenvalue weighted by Gasteiger charge is -2.24. The van der Waals surface area contributed by atoms with Gasteiger partial charge in [-0.15, -0.1) is 0 Å². The summed E-state index contributed by atoms with van der Waals surface area (Å²) in [7, 11) is 0. The second-order valence-corrected chi connectivity index (χ2v) is 4.13. The topological polar surface area (TPSA) is 32.6 Å². The van der Waals surface area contributed by atoms with Crippen LogP contribution >= 0.6 is 0 Å². The fraction of sp³-hybridized carbons (Fsp3) is 0.364. The van der Waals surface area contributed by atoms with E-state index in [-0.39, 0.29) is 5.54 Å². The number of phenols is 1. The summed E-state index contributed by atoms with van der Waals surface area (Å²) in [4.78, 5) is 4.43. The molecule has 0 aromatic heterocycles. The normalized spacial score (nSPS) is 18.3. The summed E-state index contributed by atoms with van der Waals surface area (Å²) in [5, 5.41) is 9.31. The van der Waals surface area contributed by atoms with E-state index in [4.69, 9.17) is 0 Å². The number of aliphatic imine (C=N–C) groups is 1. The van der Waals surface area contributed by atoms with Crippen LogP contribution < -0.4 is 0 Å². The lowest BCUT2D eigenvalue weighted by atomic mass is 9.90. The SMILES string of the molecule is CC1(C)Cc2cc(O)ccc2C=N1. The van der Waals surface area contributed by atoms with Gasteiger partial charge in [-0.05, 0) is 49.6 Å². The highest BCUT2D eigenvalue weighted by Crippen LogP contribution is 2.26. The van der Waals surface area contributed by atoms with Crippen molar-refractivity contribution in [1.29, 1.82) is 0 Å². The van der Waals surface area contributed by atoms with Gasteiger partial charge in [0.05, 0.1) is 5.54 Å². The van der Waals surface area contributed by atoms with Gasteiger partial charge in [0.15, 0.2) is 0 Å². The summed E-state index contributed by atoms with van der Waals surface area (Å²) in [6, 6.07) is 5.43. The first-order valence-corrected chi connectivity index (χ1v) is 4.44. The Morgan fingerprint density at radius 3 is 2.92 bits per heavy atom. The van der Waals surface area contributed by atoms with Crippen molar-refractivity contribution in [2.45, 2.75) is 25.8 Å². The third-order valence-corrected chi connectivity index (χ3v) is 2.30. The molecule has 0 bridgehead atoms. The molecule has 0 saturated heterocycles. The summed E-state index contributed by atoms with van der Waals surface area (Å²) in [6.45, 7) is 4.19. The zero-order valence-electron chi connectivity index (χ0n) is 7.91. The molecule has 0 amide bonds. The Labute approximate surface area is 77.9 Å². The molecule has 2 rings (SSSR count). The number of hydrogen-bond donors (Lipinski definition) is 1. The third-order valence-electron chi connectivity index (χ3n) is 2.30. The number of nitrogens with zero attached hydrogens (tertiary/aromatic N) is 1. The van der Waals surface area contributed by atoms with Crippen LogP contribution in [0.15, 0.2) is 23.2 Å². The van der Waals surface area contributed by atoms with Crippen molar-refractivity contribution in [3.05, 3.63) is 29.3 Å². The van der Waals surface area contributed by atoms with Crippen molar-refractivity contribution < 1.29 is 5.11 Å². The second-order valence-electron chi connectivity index (χ2n) is 4.13. The van der Waals surface area contributed by atoms with Crippen LogP contribution in [-0.4, -0.2) is 16.9 Å². The average Bonchev–Trinajstić information content (AvgIpc) is 2.01. The largest absolute Gasteiger partial charge is 0.508 e. The van der Waals surface area contributed by atoms with E-state index in [0.717, 1.165) is 12.0 Å². The third kappa shape index (κ3) is 1.57. The van der Waals surface area contributed by atoms with E-state index in [9.17, 15) is 5.11 Å². The highest BCUT2D eigenvalue weighted by molar-refractivity contribution is 5.83. The van der Waals surface area contributed by atoms with Crippen LogP contribution in [0.5, 0.6) is 5.75 Å².